The summed E-state index contributed by atoms with van der Waals surface area (Å²) in [7, 11) is 0. The van der Waals surface area contributed by atoms with Gasteiger partial charge in [0.2, 0.25) is 5.91 Å². The van der Waals surface area contributed by atoms with E-state index in [1.807, 2.05) is 36.6 Å². The standard InChI is InChI=1S/C21H23N3OS/c1-3-20-22-15(2)13-18(23-20)11-8-16-6-9-17(10-7-16)24-21(25)14-19-5-4-12-26-19/h4-7,9-10,12-13H,3,8,11,14H2,1-2H3,(H,24,25). The molecule has 3 aromatic rings. The van der Waals surface area contributed by atoms with Crippen molar-refractivity contribution in [1.29, 1.82) is 0 Å². The fourth-order valence-electron chi connectivity index (χ4n) is 2.79. The van der Waals surface area contributed by atoms with E-state index in [0.717, 1.165) is 47.0 Å². The lowest BCUT2D eigenvalue weighted by atomic mass is 10.1. The molecule has 0 bridgehead atoms. The molecule has 26 heavy (non-hydrogen) atoms. The normalized spacial score (nSPS) is 10.7. The molecule has 3 rings (SSSR count). The molecule has 0 unspecified atom stereocenters. The van der Waals surface area contributed by atoms with E-state index in [2.05, 4.69) is 40.4 Å². The first-order valence-electron chi connectivity index (χ1n) is 8.87. The number of aryl methyl sites for hydroxylation is 4. The number of thiophene rings is 1. The summed E-state index contributed by atoms with van der Waals surface area (Å²) < 4.78 is 0. The predicted molar refractivity (Wildman–Crippen MR) is 107 cm³/mol. The summed E-state index contributed by atoms with van der Waals surface area (Å²) in [4.78, 5) is 22.1. The van der Waals surface area contributed by atoms with Crippen LogP contribution in [0.2, 0.25) is 0 Å². The van der Waals surface area contributed by atoms with Crippen LogP contribution in [0.3, 0.4) is 0 Å². The first-order chi connectivity index (χ1) is 12.6. The van der Waals surface area contributed by atoms with E-state index < -0.39 is 0 Å². The molecule has 1 amide bonds. The van der Waals surface area contributed by atoms with E-state index in [0.29, 0.717) is 6.42 Å². The van der Waals surface area contributed by atoms with Crippen molar-refractivity contribution in [3.05, 3.63) is 75.5 Å². The van der Waals surface area contributed by atoms with Crippen molar-refractivity contribution in [3.63, 3.8) is 0 Å². The molecule has 4 nitrogen and oxygen atoms in total. The Balaban J connectivity index is 1.54. The van der Waals surface area contributed by atoms with Gasteiger partial charge in [0, 0.05) is 28.4 Å². The van der Waals surface area contributed by atoms with Crippen LogP contribution in [-0.4, -0.2) is 15.9 Å². The van der Waals surface area contributed by atoms with Crippen LogP contribution in [0.25, 0.3) is 0 Å². The number of hydrogen-bond donors (Lipinski definition) is 1. The summed E-state index contributed by atoms with van der Waals surface area (Å²) in [5, 5.41) is 4.94. The van der Waals surface area contributed by atoms with Gasteiger partial charge >= 0.3 is 0 Å². The van der Waals surface area contributed by atoms with Crippen LogP contribution in [0.4, 0.5) is 5.69 Å². The molecule has 0 saturated carbocycles. The zero-order valence-electron chi connectivity index (χ0n) is 15.2. The van der Waals surface area contributed by atoms with Crippen molar-refractivity contribution >= 4 is 22.9 Å². The molecule has 0 aliphatic carbocycles. The van der Waals surface area contributed by atoms with Crippen molar-refractivity contribution in [2.75, 3.05) is 5.32 Å². The monoisotopic (exact) mass is 365 g/mol. The van der Waals surface area contributed by atoms with E-state index in [1.54, 1.807) is 11.3 Å². The Hall–Kier alpha value is -2.53. The molecule has 0 saturated heterocycles. The minimum Gasteiger partial charge on any atom is -0.326 e. The maximum atomic E-state index is 12.0. The molecule has 0 spiro atoms. The largest absolute Gasteiger partial charge is 0.326 e. The van der Waals surface area contributed by atoms with Gasteiger partial charge in [0.25, 0.3) is 0 Å². The maximum absolute atomic E-state index is 12.0. The van der Waals surface area contributed by atoms with Crippen molar-refractivity contribution in [2.24, 2.45) is 0 Å². The van der Waals surface area contributed by atoms with Gasteiger partial charge in [-0.25, -0.2) is 9.97 Å². The maximum Gasteiger partial charge on any atom is 0.229 e. The predicted octanol–water partition coefficient (Wildman–Crippen LogP) is 4.38. The second kappa shape index (κ2) is 8.72. The van der Waals surface area contributed by atoms with Crippen LogP contribution < -0.4 is 5.32 Å². The average molecular weight is 366 g/mol. The number of carbonyl (C=O) groups excluding carboxylic acids is 1. The number of nitrogens with one attached hydrogen (secondary N) is 1. The third-order valence-electron chi connectivity index (χ3n) is 4.09. The third-order valence-corrected chi connectivity index (χ3v) is 4.97. The smallest absolute Gasteiger partial charge is 0.229 e. The van der Waals surface area contributed by atoms with E-state index >= 15 is 0 Å². The van der Waals surface area contributed by atoms with Crippen LogP contribution in [-0.2, 0) is 30.5 Å². The van der Waals surface area contributed by atoms with Crippen LogP contribution in [0.5, 0.6) is 0 Å². The minimum atomic E-state index is 0.0174. The van der Waals surface area contributed by atoms with Gasteiger partial charge < -0.3 is 5.32 Å². The molecule has 0 aliphatic heterocycles. The Bertz CT molecular complexity index is 857. The number of nitrogens with zero attached hydrogens (tertiary/aromatic N) is 2. The molecular weight excluding hydrogens is 342 g/mol. The Morgan fingerprint density at radius 2 is 1.92 bits per heavy atom. The van der Waals surface area contributed by atoms with Gasteiger partial charge in [0.15, 0.2) is 0 Å². The van der Waals surface area contributed by atoms with Crippen molar-refractivity contribution in [2.45, 2.75) is 39.5 Å². The molecule has 0 aliphatic rings. The summed E-state index contributed by atoms with van der Waals surface area (Å²) in [6.45, 7) is 4.09. The Labute approximate surface area is 158 Å². The second-order valence-corrected chi connectivity index (χ2v) is 7.30. The number of aromatic nitrogens is 2. The molecule has 134 valence electrons. The van der Waals surface area contributed by atoms with Crippen LogP contribution in [0.15, 0.2) is 47.8 Å². The molecule has 2 heterocycles. The molecule has 0 atom stereocenters. The number of benzene rings is 1. The zero-order chi connectivity index (χ0) is 18.4. The number of anilines is 1. The number of rotatable bonds is 7. The summed E-state index contributed by atoms with van der Waals surface area (Å²) in [5.74, 6) is 0.924. The average Bonchev–Trinajstić information content (AvgIpc) is 3.13. The number of amides is 1. The van der Waals surface area contributed by atoms with Crippen LogP contribution >= 0.6 is 11.3 Å². The Morgan fingerprint density at radius 1 is 1.12 bits per heavy atom. The Kier molecular flexibility index (Phi) is 6.12. The lowest BCUT2D eigenvalue weighted by Gasteiger charge is -2.07. The van der Waals surface area contributed by atoms with Crippen molar-refractivity contribution in [3.8, 4) is 0 Å². The fourth-order valence-corrected chi connectivity index (χ4v) is 3.49. The highest BCUT2D eigenvalue weighted by Gasteiger charge is 2.06. The summed E-state index contributed by atoms with van der Waals surface area (Å²) >= 11 is 1.60. The molecule has 5 heteroatoms. The van der Waals surface area contributed by atoms with Crippen LogP contribution in [0, 0.1) is 6.92 Å². The topological polar surface area (TPSA) is 54.9 Å². The quantitative estimate of drug-likeness (QED) is 0.676. The number of carbonyl (C=O) groups is 1. The van der Waals surface area contributed by atoms with Gasteiger partial charge in [0.1, 0.15) is 5.82 Å². The van der Waals surface area contributed by atoms with Gasteiger partial charge in [0.05, 0.1) is 6.42 Å². The van der Waals surface area contributed by atoms with Crippen molar-refractivity contribution < 1.29 is 4.79 Å². The van der Waals surface area contributed by atoms with E-state index in [4.69, 9.17) is 0 Å². The van der Waals surface area contributed by atoms with E-state index in [1.165, 1.54) is 5.56 Å². The van der Waals surface area contributed by atoms with Gasteiger partial charge in [-0.2, -0.15) is 0 Å². The first-order valence-corrected chi connectivity index (χ1v) is 9.75. The number of hydrogen-bond acceptors (Lipinski definition) is 4. The summed E-state index contributed by atoms with van der Waals surface area (Å²) in [6, 6.07) is 14.1. The SMILES string of the molecule is CCc1nc(C)cc(CCc2ccc(NC(=O)Cc3cccs3)cc2)n1. The van der Waals surface area contributed by atoms with Gasteiger partial charge in [-0.1, -0.05) is 25.1 Å². The molecule has 0 fully saturated rings. The molecule has 2 aromatic heterocycles. The summed E-state index contributed by atoms with van der Waals surface area (Å²) in [6.07, 6.45) is 3.09. The first kappa shape index (κ1) is 18.3. The highest BCUT2D eigenvalue weighted by atomic mass is 32.1. The lowest BCUT2D eigenvalue weighted by molar-refractivity contribution is -0.115. The minimum absolute atomic E-state index is 0.0174. The highest BCUT2D eigenvalue weighted by Crippen LogP contribution is 2.14. The highest BCUT2D eigenvalue weighted by molar-refractivity contribution is 7.10. The second-order valence-electron chi connectivity index (χ2n) is 6.27. The Morgan fingerprint density at radius 3 is 2.62 bits per heavy atom. The van der Waals surface area contributed by atoms with Crippen LogP contribution in [0.1, 0.15) is 34.6 Å². The van der Waals surface area contributed by atoms with Gasteiger partial charge in [-0.05, 0) is 55.0 Å². The third kappa shape index (κ3) is 5.23. The van der Waals surface area contributed by atoms with Gasteiger partial charge in [-0.15, -0.1) is 11.3 Å². The zero-order valence-corrected chi connectivity index (χ0v) is 16.0. The van der Waals surface area contributed by atoms with Crippen molar-refractivity contribution in [1.82, 2.24) is 9.97 Å². The summed E-state index contributed by atoms with van der Waals surface area (Å²) in [5.41, 5.74) is 4.18. The van der Waals surface area contributed by atoms with E-state index in [-0.39, 0.29) is 5.91 Å². The molecule has 1 N–H and O–H groups in total. The molecule has 0 radical (unpaired) electrons. The van der Waals surface area contributed by atoms with Gasteiger partial charge in [-0.3, -0.25) is 4.79 Å². The molecule has 1 aromatic carbocycles. The molecular formula is C21H23N3OS. The van der Waals surface area contributed by atoms with E-state index in [9.17, 15) is 4.79 Å². The fraction of sp³-hybridized carbons (Fsp3) is 0.286. The lowest BCUT2D eigenvalue weighted by Crippen LogP contribution is -2.13.